The van der Waals surface area contributed by atoms with Gasteiger partial charge in [-0.05, 0) is 12.1 Å². The average Bonchev–Trinajstić information content (AvgIpc) is 2.72. The molecular formula is C18H19N3O7. The maximum absolute atomic E-state index is 12.3. The van der Waals surface area contributed by atoms with Gasteiger partial charge < -0.3 is 18.9 Å². The molecule has 0 aliphatic heterocycles. The number of amides is 1. The third-order valence-electron chi connectivity index (χ3n) is 3.69. The van der Waals surface area contributed by atoms with Gasteiger partial charge in [-0.25, -0.2) is 5.43 Å². The second-order valence-electron chi connectivity index (χ2n) is 5.33. The van der Waals surface area contributed by atoms with Crippen LogP contribution in [-0.2, 0) is 0 Å². The summed E-state index contributed by atoms with van der Waals surface area (Å²) in [4.78, 5) is 22.8. The van der Waals surface area contributed by atoms with Crippen molar-refractivity contribution in [2.75, 3.05) is 28.4 Å². The van der Waals surface area contributed by atoms with E-state index in [1.54, 1.807) is 6.07 Å². The lowest BCUT2D eigenvalue weighted by Crippen LogP contribution is -2.17. The minimum atomic E-state index is -0.569. The van der Waals surface area contributed by atoms with Crippen LogP contribution >= 0.6 is 0 Å². The summed E-state index contributed by atoms with van der Waals surface area (Å²) in [6.45, 7) is 0. The molecule has 28 heavy (non-hydrogen) atoms. The van der Waals surface area contributed by atoms with Crippen LogP contribution in [0.3, 0.4) is 0 Å². The molecule has 2 rings (SSSR count). The maximum Gasteiger partial charge on any atom is 0.274 e. The van der Waals surface area contributed by atoms with Crippen LogP contribution < -0.4 is 24.4 Å². The maximum atomic E-state index is 12.3. The van der Waals surface area contributed by atoms with Crippen LogP contribution in [0.25, 0.3) is 0 Å². The number of carbonyl (C=O) groups is 1. The molecule has 0 bridgehead atoms. The molecular weight excluding hydrogens is 370 g/mol. The van der Waals surface area contributed by atoms with E-state index in [-0.39, 0.29) is 28.3 Å². The van der Waals surface area contributed by atoms with E-state index in [9.17, 15) is 14.9 Å². The third kappa shape index (κ3) is 4.67. The summed E-state index contributed by atoms with van der Waals surface area (Å²) in [6.07, 6.45) is 1.23. The average molecular weight is 389 g/mol. The van der Waals surface area contributed by atoms with E-state index in [1.807, 2.05) is 0 Å². The minimum absolute atomic E-state index is 0.169. The Kier molecular flexibility index (Phi) is 6.74. The summed E-state index contributed by atoms with van der Waals surface area (Å²) < 4.78 is 20.6. The molecule has 0 saturated carbocycles. The number of benzene rings is 2. The van der Waals surface area contributed by atoms with Gasteiger partial charge >= 0.3 is 0 Å². The molecule has 0 aliphatic carbocycles. The molecule has 1 amide bonds. The van der Waals surface area contributed by atoms with Crippen molar-refractivity contribution in [3.8, 4) is 23.0 Å². The van der Waals surface area contributed by atoms with Crippen LogP contribution in [0, 0.1) is 10.1 Å². The van der Waals surface area contributed by atoms with Crippen molar-refractivity contribution in [2.45, 2.75) is 0 Å². The predicted molar refractivity (Wildman–Crippen MR) is 101 cm³/mol. The number of nitrogens with one attached hydrogen (secondary N) is 1. The molecule has 148 valence electrons. The van der Waals surface area contributed by atoms with Crippen molar-refractivity contribution in [2.24, 2.45) is 5.10 Å². The second-order valence-corrected chi connectivity index (χ2v) is 5.33. The van der Waals surface area contributed by atoms with Crippen LogP contribution in [0.5, 0.6) is 23.0 Å². The van der Waals surface area contributed by atoms with Gasteiger partial charge in [0.15, 0.2) is 11.5 Å². The fourth-order valence-electron chi connectivity index (χ4n) is 2.34. The van der Waals surface area contributed by atoms with Crippen LogP contribution in [0.1, 0.15) is 15.9 Å². The first-order chi connectivity index (χ1) is 13.4. The van der Waals surface area contributed by atoms with Gasteiger partial charge in [-0.2, -0.15) is 5.10 Å². The molecule has 10 heteroatoms. The van der Waals surface area contributed by atoms with Gasteiger partial charge in [0, 0.05) is 23.3 Å². The lowest BCUT2D eigenvalue weighted by atomic mass is 10.1. The number of non-ortho nitro benzene ring substituents is 1. The van der Waals surface area contributed by atoms with Crippen LogP contribution in [0.15, 0.2) is 35.4 Å². The quantitative estimate of drug-likeness (QED) is 0.418. The first-order valence-electron chi connectivity index (χ1n) is 7.90. The van der Waals surface area contributed by atoms with Crippen molar-refractivity contribution >= 4 is 17.8 Å². The Morgan fingerprint density at radius 2 is 1.64 bits per heavy atom. The van der Waals surface area contributed by atoms with Crippen molar-refractivity contribution in [1.29, 1.82) is 0 Å². The van der Waals surface area contributed by atoms with Crippen molar-refractivity contribution < 1.29 is 28.7 Å². The number of hydrogen-bond donors (Lipinski definition) is 1. The van der Waals surface area contributed by atoms with Gasteiger partial charge in [0.05, 0.1) is 45.6 Å². The van der Waals surface area contributed by atoms with E-state index in [0.29, 0.717) is 11.5 Å². The standard InChI is InChI=1S/C18H19N3O7/c1-25-14-6-11(7-15(9-14)26-2)18(22)20-19-10-12-5-13(21(23)24)8-16(27-3)17(12)28-4/h5-10H,1-4H3,(H,20,22). The van der Waals surface area contributed by atoms with Gasteiger partial charge in [0.25, 0.3) is 11.6 Å². The summed E-state index contributed by atoms with van der Waals surface area (Å²) in [5.74, 6) is 0.776. The predicted octanol–water partition coefficient (Wildman–Crippen LogP) is 2.39. The highest BCUT2D eigenvalue weighted by Crippen LogP contribution is 2.34. The van der Waals surface area contributed by atoms with E-state index in [1.165, 1.54) is 58.9 Å². The molecule has 2 aromatic rings. The number of nitro groups is 1. The van der Waals surface area contributed by atoms with Gasteiger partial charge in [-0.1, -0.05) is 0 Å². The lowest BCUT2D eigenvalue weighted by Gasteiger charge is -2.10. The van der Waals surface area contributed by atoms with E-state index in [0.717, 1.165) is 0 Å². The Morgan fingerprint density at radius 3 is 2.14 bits per heavy atom. The Balaban J connectivity index is 2.28. The van der Waals surface area contributed by atoms with Crippen LogP contribution in [0.2, 0.25) is 0 Å². The number of nitrogens with zero attached hydrogens (tertiary/aromatic N) is 2. The molecule has 1 N–H and O–H groups in total. The Bertz CT molecular complexity index is 890. The summed E-state index contributed by atoms with van der Waals surface area (Å²) in [6, 6.07) is 7.15. The van der Waals surface area contributed by atoms with Gasteiger partial charge in [-0.15, -0.1) is 0 Å². The number of hydrogen-bond acceptors (Lipinski definition) is 8. The Hall–Kier alpha value is -3.82. The molecule has 0 unspecified atom stereocenters. The molecule has 0 spiro atoms. The molecule has 0 saturated heterocycles. The van der Waals surface area contributed by atoms with Crippen molar-refractivity contribution in [3.05, 3.63) is 51.6 Å². The lowest BCUT2D eigenvalue weighted by molar-refractivity contribution is -0.385. The fraction of sp³-hybridized carbons (Fsp3) is 0.222. The highest BCUT2D eigenvalue weighted by molar-refractivity contribution is 5.96. The zero-order valence-corrected chi connectivity index (χ0v) is 15.7. The number of methoxy groups -OCH3 is 4. The van der Waals surface area contributed by atoms with Gasteiger partial charge in [0.1, 0.15) is 11.5 Å². The molecule has 2 aromatic carbocycles. The molecule has 0 atom stereocenters. The van der Waals surface area contributed by atoms with E-state index >= 15 is 0 Å². The monoisotopic (exact) mass is 389 g/mol. The fourth-order valence-corrected chi connectivity index (χ4v) is 2.34. The number of ether oxygens (including phenoxy) is 4. The SMILES string of the molecule is COc1cc(OC)cc(C(=O)NN=Cc2cc([N+](=O)[O-])cc(OC)c2OC)c1. The van der Waals surface area contributed by atoms with E-state index < -0.39 is 10.8 Å². The first kappa shape index (κ1) is 20.5. The third-order valence-corrected chi connectivity index (χ3v) is 3.69. The Labute approximate surface area is 160 Å². The smallest absolute Gasteiger partial charge is 0.274 e. The van der Waals surface area contributed by atoms with E-state index in [2.05, 4.69) is 10.5 Å². The summed E-state index contributed by atoms with van der Waals surface area (Å²) in [7, 11) is 5.69. The largest absolute Gasteiger partial charge is 0.497 e. The van der Waals surface area contributed by atoms with Crippen molar-refractivity contribution in [3.63, 3.8) is 0 Å². The molecule has 10 nitrogen and oxygen atoms in total. The molecule has 0 radical (unpaired) electrons. The summed E-state index contributed by atoms with van der Waals surface area (Å²) in [5.41, 5.74) is 2.66. The molecule has 0 heterocycles. The summed E-state index contributed by atoms with van der Waals surface area (Å²) in [5, 5.41) is 14.9. The van der Waals surface area contributed by atoms with Gasteiger partial charge in [-0.3, -0.25) is 14.9 Å². The Morgan fingerprint density at radius 1 is 1.00 bits per heavy atom. The number of hydrazone groups is 1. The van der Waals surface area contributed by atoms with Crippen LogP contribution in [0.4, 0.5) is 5.69 Å². The number of carbonyl (C=O) groups excluding carboxylic acids is 1. The topological polar surface area (TPSA) is 122 Å². The highest BCUT2D eigenvalue weighted by Gasteiger charge is 2.17. The first-order valence-corrected chi connectivity index (χ1v) is 7.90. The molecule has 0 aliphatic rings. The van der Waals surface area contributed by atoms with Crippen LogP contribution in [-0.4, -0.2) is 45.5 Å². The van der Waals surface area contributed by atoms with Crippen molar-refractivity contribution in [1.82, 2.24) is 5.43 Å². The zero-order valence-electron chi connectivity index (χ0n) is 15.7. The highest BCUT2D eigenvalue weighted by atomic mass is 16.6. The normalized spacial score (nSPS) is 10.4. The molecule has 0 fully saturated rings. The van der Waals surface area contributed by atoms with E-state index in [4.69, 9.17) is 18.9 Å². The molecule has 0 aromatic heterocycles. The second kappa shape index (κ2) is 9.21. The van der Waals surface area contributed by atoms with Gasteiger partial charge in [0.2, 0.25) is 0 Å². The minimum Gasteiger partial charge on any atom is -0.497 e. The summed E-state index contributed by atoms with van der Waals surface area (Å²) >= 11 is 0. The zero-order chi connectivity index (χ0) is 20.7. The number of rotatable bonds is 8. The number of nitro benzene ring substituents is 1.